The number of nitrogens with zero attached hydrogens (tertiary/aromatic N) is 1. The van der Waals surface area contributed by atoms with E-state index < -0.39 is 11.7 Å². The van der Waals surface area contributed by atoms with Gasteiger partial charge in [0.1, 0.15) is 5.82 Å². The first-order chi connectivity index (χ1) is 9.88. The van der Waals surface area contributed by atoms with E-state index in [1.807, 2.05) is 0 Å². The molecule has 0 amide bonds. The molecule has 2 N–H and O–H groups in total. The number of thioether (sulfide) groups is 1. The molecule has 0 aliphatic carbocycles. The monoisotopic (exact) mass is 316 g/mol. The van der Waals surface area contributed by atoms with E-state index in [0.29, 0.717) is 21.9 Å². The Bertz CT molecular complexity index is 611. The lowest BCUT2D eigenvalue weighted by Crippen LogP contribution is -2.05. The highest BCUT2D eigenvalue weighted by Crippen LogP contribution is 2.30. The van der Waals surface area contributed by atoms with E-state index in [4.69, 9.17) is 5.73 Å². The SMILES string of the molecule is NCc1cc(F)cc(CSc2ccc(C(F)(F)F)cn2)c1. The van der Waals surface area contributed by atoms with E-state index in [-0.39, 0.29) is 12.4 Å². The van der Waals surface area contributed by atoms with Crippen molar-refractivity contribution >= 4 is 11.8 Å². The predicted octanol–water partition coefficient (Wildman–Crippen LogP) is 3.99. The van der Waals surface area contributed by atoms with Gasteiger partial charge in [0.15, 0.2) is 0 Å². The summed E-state index contributed by atoms with van der Waals surface area (Å²) in [6.07, 6.45) is -3.60. The van der Waals surface area contributed by atoms with Gasteiger partial charge >= 0.3 is 6.18 Å². The molecule has 1 aromatic heterocycles. The quantitative estimate of drug-likeness (QED) is 0.685. The van der Waals surface area contributed by atoms with E-state index in [9.17, 15) is 17.6 Å². The highest BCUT2D eigenvalue weighted by molar-refractivity contribution is 7.98. The summed E-state index contributed by atoms with van der Waals surface area (Å²) in [7, 11) is 0. The first kappa shape index (κ1) is 15.8. The fourth-order valence-corrected chi connectivity index (χ4v) is 2.48. The van der Waals surface area contributed by atoms with Gasteiger partial charge in [-0.3, -0.25) is 0 Å². The average molecular weight is 316 g/mol. The molecule has 0 radical (unpaired) electrons. The summed E-state index contributed by atoms with van der Waals surface area (Å²) in [4.78, 5) is 3.75. The maximum Gasteiger partial charge on any atom is 0.417 e. The largest absolute Gasteiger partial charge is 0.417 e. The van der Waals surface area contributed by atoms with Gasteiger partial charge in [-0.25, -0.2) is 9.37 Å². The Balaban J connectivity index is 2.05. The van der Waals surface area contributed by atoms with Crippen molar-refractivity contribution in [2.24, 2.45) is 5.73 Å². The van der Waals surface area contributed by atoms with E-state index in [0.717, 1.165) is 12.3 Å². The van der Waals surface area contributed by atoms with Crippen molar-refractivity contribution in [2.75, 3.05) is 0 Å². The number of rotatable bonds is 4. The summed E-state index contributed by atoms with van der Waals surface area (Å²) in [6, 6.07) is 6.77. The molecule has 2 aromatic rings. The molecule has 0 unspecified atom stereocenters. The predicted molar refractivity (Wildman–Crippen MR) is 73.1 cm³/mol. The van der Waals surface area contributed by atoms with Crippen LogP contribution in [-0.2, 0) is 18.5 Å². The summed E-state index contributed by atoms with van der Waals surface area (Å²) < 4.78 is 50.5. The number of alkyl halides is 3. The van der Waals surface area contributed by atoms with E-state index in [1.54, 1.807) is 6.07 Å². The molecule has 2 nitrogen and oxygen atoms in total. The molecule has 0 saturated carbocycles. The van der Waals surface area contributed by atoms with Crippen LogP contribution in [0, 0.1) is 5.82 Å². The molecule has 0 aliphatic rings. The van der Waals surface area contributed by atoms with Crippen molar-refractivity contribution in [3.05, 3.63) is 59.0 Å². The number of benzene rings is 1. The molecular formula is C14H12F4N2S. The Kier molecular flexibility index (Phi) is 4.84. The zero-order valence-corrected chi connectivity index (χ0v) is 11.6. The standard InChI is InChI=1S/C14H12F4N2S/c15-12-4-9(6-19)3-10(5-12)8-21-13-2-1-11(7-20-13)14(16,17)18/h1-5,7H,6,8,19H2. The number of aromatic nitrogens is 1. The third-order valence-corrected chi connectivity index (χ3v) is 3.72. The van der Waals surface area contributed by atoms with Crippen molar-refractivity contribution in [2.45, 2.75) is 23.5 Å². The van der Waals surface area contributed by atoms with Crippen LogP contribution in [0.25, 0.3) is 0 Å². The van der Waals surface area contributed by atoms with Gasteiger partial charge in [0, 0.05) is 18.5 Å². The molecule has 0 aliphatic heterocycles. The van der Waals surface area contributed by atoms with E-state index in [1.165, 1.54) is 30.0 Å². The van der Waals surface area contributed by atoms with Crippen molar-refractivity contribution in [1.29, 1.82) is 0 Å². The minimum Gasteiger partial charge on any atom is -0.326 e. The zero-order chi connectivity index (χ0) is 15.5. The Morgan fingerprint density at radius 2 is 1.81 bits per heavy atom. The molecule has 0 atom stereocenters. The van der Waals surface area contributed by atoms with E-state index in [2.05, 4.69) is 4.98 Å². The molecule has 1 aromatic carbocycles. The molecule has 7 heteroatoms. The van der Waals surface area contributed by atoms with E-state index >= 15 is 0 Å². The van der Waals surface area contributed by atoms with Crippen LogP contribution in [0.4, 0.5) is 17.6 Å². The van der Waals surface area contributed by atoms with Crippen LogP contribution in [0.5, 0.6) is 0 Å². The maximum absolute atomic E-state index is 13.3. The zero-order valence-electron chi connectivity index (χ0n) is 10.8. The van der Waals surface area contributed by atoms with Crippen molar-refractivity contribution in [1.82, 2.24) is 4.98 Å². The molecule has 2 rings (SSSR count). The Hall–Kier alpha value is -1.60. The number of pyridine rings is 1. The topological polar surface area (TPSA) is 38.9 Å². The van der Waals surface area contributed by atoms with Gasteiger partial charge in [-0.1, -0.05) is 6.07 Å². The summed E-state index contributed by atoms with van der Waals surface area (Å²) in [5.74, 6) is 0.0253. The van der Waals surface area contributed by atoms with Gasteiger partial charge in [0.05, 0.1) is 10.6 Å². The normalized spacial score (nSPS) is 11.7. The summed E-state index contributed by atoms with van der Waals surface area (Å²) in [5.41, 5.74) is 6.05. The second-order valence-electron chi connectivity index (χ2n) is 4.34. The fourth-order valence-electron chi connectivity index (χ4n) is 1.71. The minimum absolute atomic E-state index is 0.230. The van der Waals surface area contributed by atoms with Gasteiger partial charge in [-0.15, -0.1) is 11.8 Å². The van der Waals surface area contributed by atoms with Crippen LogP contribution in [0.3, 0.4) is 0 Å². The van der Waals surface area contributed by atoms with Crippen molar-refractivity contribution in [3.8, 4) is 0 Å². The van der Waals surface area contributed by atoms with Crippen LogP contribution in [0.2, 0.25) is 0 Å². The average Bonchev–Trinajstić information content (AvgIpc) is 2.44. The second kappa shape index (κ2) is 6.44. The lowest BCUT2D eigenvalue weighted by molar-refractivity contribution is -0.137. The summed E-state index contributed by atoms with van der Waals surface area (Å²) in [5, 5.41) is 0.446. The first-order valence-electron chi connectivity index (χ1n) is 6.03. The van der Waals surface area contributed by atoms with Gasteiger partial charge in [-0.05, 0) is 35.4 Å². The third kappa shape index (κ3) is 4.44. The molecule has 0 fully saturated rings. The molecule has 112 valence electrons. The van der Waals surface area contributed by atoms with Crippen LogP contribution >= 0.6 is 11.8 Å². The lowest BCUT2D eigenvalue weighted by Gasteiger charge is -2.07. The van der Waals surface area contributed by atoms with Crippen molar-refractivity contribution < 1.29 is 17.6 Å². The van der Waals surface area contributed by atoms with Crippen LogP contribution in [0.15, 0.2) is 41.6 Å². The highest BCUT2D eigenvalue weighted by Gasteiger charge is 2.30. The molecular weight excluding hydrogens is 304 g/mol. The molecule has 0 bridgehead atoms. The number of hydrogen-bond donors (Lipinski definition) is 1. The molecule has 21 heavy (non-hydrogen) atoms. The summed E-state index contributed by atoms with van der Waals surface area (Å²) in [6.45, 7) is 0.230. The second-order valence-corrected chi connectivity index (χ2v) is 5.34. The van der Waals surface area contributed by atoms with Gasteiger partial charge < -0.3 is 5.73 Å². The molecule has 1 heterocycles. The summed E-state index contributed by atoms with van der Waals surface area (Å²) >= 11 is 1.23. The fraction of sp³-hybridized carbons (Fsp3) is 0.214. The van der Waals surface area contributed by atoms with Crippen molar-refractivity contribution in [3.63, 3.8) is 0 Å². The molecule has 0 spiro atoms. The Morgan fingerprint density at radius 3 is 2.38 bits per heavy atom. The minimum atomic E-state index is -4.39. The maximum atomic E-state index is 13.3. The number of nitrogens with two attached hydrogens (primary N) is 1. The molecule has 0 saturated heterocycles. The third-order valence-electron chi connectivity index (χ3n) is 2.70. The highest BCUT2D eigenvalue weighted by atomic mass is 32.2. The van der Waals surface area contributed by atoms with Gasteiger partial charge in [0.25, 0.3) is 0 Å². The lowest BCUT2D eigenvalue weighted by atomic mass is 10.1. The van der Waals surface area contributed by atoms with Gasteiger partial charge in [0.2, 0.25) is 0 Å². The first-order valence-corrected chi connectivity index (χ1v) is 7.01. The smallest absolute Gasteiger partial charge is 0.326 e. The Labute approximate surface area is 123 Å². The van der Waals surface area contributed by atoms with Gasteiger partial charge in [-0.2, -0.15) is 13.2 Å². The van der Waals surface area contributed by atoms with Crippen LogP contribution in [0.1, 0.15) is 16.7 Å². The number of halogens is 4. The number of hydrogen-bond acceptors (Lipinski definition) is 3. The van der Waals surface area contributed by atoms with Crippen LogP contribution < -0.4 is 5.73 Å². The van der Waals surface area contributed by atoms with Crippen LogP contribution in [-0.4, -0.2) is 4.98 Å². The Morgan fingerprint density at radius 1 is 1.10 bits per heavy atom.